The number of hydrogen-bond donors (Lipinski definition) is 0. The summed E-state index contributed by atoms with van der Waals surface area (Å²) in [7, 11) is 7.48. The van der Waals surface area contributed by atoms with Crippen LogP contribution in [0.15, 0.2) is 12.1 Å². The van der Waals surface area contributed by atoms with Gasteiger partial charge in [0.15, 0.2) is 11.5 Å². The van der Waals surface area contributed by atoms with Crippen molar-refractivity contribution in [3.05, 3.63) is 24.8 Å². The molecule has 0 aliphatic carbocycles. The largest absolute Gasteiger partial charge is 0.496 e. The fourth-order valence-corrected chi connectivity index (χ4v) is 1.27. The van der Waals surface area contributed by atoms with Gasteiger partial charge in [-0.2, -0.15) is 0 Å². The van der Waals surface area contributed by atoms with Crippen molar-refractivity contribution in [1.82, 2.24) is 0 Å². The first-order valence-corrected chi connectivity index (χ1v) is 4.44. The SMILES string of the molecule is [CH2]OC(=O)c1cc(OC)c(OC)cc1OC. The van der Waals surface area contributed by atoms with Crippen LogP contribution in [0.25, 0.3) is 0 Å². The van der Waals surface area contributed by atoms with E-state index in [1.54, 1.807) is 6.07 Å². The summed E-state index contributed by atoms with van der Waals surface area (Å²) in [5.41, 5.74) is 0.232. The zero-order valence-corrected chi connectivity index (χ0v) is 9.40. The first-order chi connectivity index (χ1) is 7.67. The Labute approximate surface area is 93.9 Å². The third-order valence-electron chi connectivity index (χ3n) is 2.06. The third-order valence-corrected chi connectivity index (χ3v) is 2.06. The van der Waals surface area contributed by atoms with Gasteiger partial charge in [-0.25, -0.2) is 4.79 Å². The Hall–Kier alpha value is -1.91. The van der Waals surface area contributed by atoms with Gasteiger partial charge in [-0.05, 0) is 0 Å². The molecule has 0 saturated heterocycles. The van der Waals surface area contributed by atoms with E-state index in [1.165, 1.54) is 27.4 Å². The summed E-state index contributed by atoms with van der Waals surface area (Å²) < 4.78 is 19.6. The minimum Gasteiger partial charge on any atom is -0.496 e. The van der Waals surface area contributed by atoms with E-state index in [0.29, 0.717) is 17.2 Å². The predicted molar refractivity (Wildman–Crippen MR) is 56.9 cm³/mol. The molecular weight excluding hydrogens is 212 g/mol. The van der Waals surface area contributed by atoms with Gasteiger partial charge in [0.25, 0.3) is 0 Å². The average Bonchev–Trinajstić information content (AvgIpc) is 2.35. The molecule has 0 aliphatic rings. The van der Waals surface area contributed by atoms with E-state index in [2.05, 4.69) is 11.8 Å². The van der Waals surface area contributed by atoms with Crippen molar-refractivity contribution in [2.24, 2.45) is 0 Å². The number of carbonyl (C=O) groups excluding carboxylic acids is 1. The molecule has 0 N–H and O–H groups in total. The topological polar surface area (TPSA) is 54.0 Å². The second-order valence-electron chi connectivity index (χ2n) is 2.84. The molecular formula is C11H13O5. The van der Waals surface area contributed by atoms with Gasteiger partial charge in [-0.1, -0.05) is 0 Å². The Morgan fingerprint density at radius 1 is 1.00 bits per heavy atom. The van der Waals surface area contributed by atoms with E-state index < -0.39 is 5.97 Å². The van der Waals surface area contributed by atoms with E-state index in [9.17, 15) is 4.79 Å². The molecule has 1 radical (unpaired) electrons. The van der Waals surface area contributed by atoms with Crippen molar-refractivity contribution in [2.75, 3.05) is 21.3 Å². The molecule has 5 heteroatoms. The number of carbonyl (C=O) groups is 1. The molecule has 0 atom stereocenters. The summed E-state index contributed by atoms with van der Waals surface area (Å²) in [6.45, 7) is 0. The van der Waals surface area contributed by atoms with Gasteiger partial charge in [0.2, 0.25) is 0 Å². The second kappa shape index (κ2) is 5.25. The van der Waals surface area contributed by atoms with Gasteiger partial charge < -0.3 is 18.9 Å². The Bertz CT molecular complexity index is 386. The second-order valence-corrected chi connectivity index (χ2v) is 2.84. The van der Waals surface area contributed by atoms with Crippen molar-refractivity contribution < 1.29 is 23.7 Å². The number of rotatable bonds is 4. The third kappa shape index (κ3) is 2.18. The predicted octanol–water partition coefficient (Wildman–Crippen LogP) is 1.66. The summed E-state index contributed by atoms with van der Waals surface area (Å²) in [6.07, 6.45) is 0. The monoisotopic (exact) mass is 225 g/mol. The van der Waals surface area contributed by atoms with Crippen LogP contribution < -0.4 is 14.2 Å². The van der Waals surface area contributed by atoms with E-state index in [-0.39, 0.29) is 5.56 Å². The molecule has 0 saturated carbocycles. The van der Waals surface area contributed by atoms with Crippen LogP contribution in [0.4, 0.5) is 0 Å². The number of benzene rings is 1. The molecule has 0 fully saturated rings. The first-order valence-electron chi connectivity index (χ1n) is 4.44. The van der Waals surface area contributed by atoms with Gasteiger partial charge in [0.05, 0.1) is 21.3 Å². The minimum atomic E-state index is -0.599. The smallest absolute Gasteiger partial charge is 0.342 e. The van der Waals surface area contributed by atoms with Crippen molar-refractivity contribution in [3.8, 4) is 17.2 Å². The zero-order valence-electron chi connectivity index (χ0n) is 9.40. The van der Waals surface area contributed by atoms with Crippen LogP contribution in [0.2, 0.25) is 0 Å². The molecule has 0 heterocycles. The lowest BCUT2D eigenvalue weighted by molar-refractivity contribution is 0.0650. The maximum Gasteiger partial charge on any atom is 0.342 e. The minimum absolute atomic E-state index is 0.232. The van der Waals surface area contributed by atoms with Crippen LogP contribution in [0.5, 0.6) is 17.2 Å². The van der Waals surface area contributed by atoms with Gasteiger partial charge in [-0.3, -0.25) is 0 Å². The molecule has 1 aromatic carbocycles. The first kappa shape index (κ1) is 12.2. The molecule has 0 bridgehead atoms. The van der Waals surface area contributed by atoms with Crippen molar-refractivity contribution >= 4 is 5.97 Å². The van der Waals surface area contributed by atoms with Crippen LogP contribution in [-0.2, 0) is 4.74 Å². The summed E-state index contributed by atoms with van der Waals surface area (Å²) in [5, 5.41) is 0. The van der Waals surface area contributed by atoms with Crippen LogP contribution in [-0.4, -0.2) is 27.3 Å². The number of methoxy groups -OCH3 is 3. The molecule has 1 rings (SSSR count). The number of ether oxygens (including phenoxy) is 4. The van der Waals surface area contributed by atoms with E-state index >= 15 is 0 Å². The standard InChI is InChI=1S/C11H13O5/c1-13-8-6-10(15-3)9(14-2)5-7(8)11(12)16-4/h5-6H,4H2,1-3H3. The van der Waals surface area contributed by atoms with Gasteiger partial charge >= 0.3 is 5.97 Å². The molecule has 0 amide bonds. The highest BCUT2D eigenvalue weighted by Crippen LogP contribution is 2.34. The molecule has 1 aromatic rings. The molecule has 16 heavy (non-hydrogen) atoms. The van der Waals surface area contributed by atoms with Gasteiger partial charge in [-0.15, -0.1) is 0 Å². The molecule has 5 nitrogen and oxygen atoms in total. The van der Waals surface area contributed by atoms with Crippen LogP contribution in [0.1, 0.15) is 10.4 Å². The molecule has 0 spiro atoms. The lowest BCUT2D eigenvalue weighted by Gasteiger charge is -2.12. The number of hydrogen-bond acceptors (Lipinski definition) is 5. The maximum absolute atomic E-state index is 11.4. The van der Waals surface area contributed by atoms with E-state index in [4.69, 9.17) is 14.2 Å². The average molecular weight is 225 g/mol. The lowest BCUT2D eigenvalue weighted by Crippen LogP contribution is -2.04. The highest BCUT2D eigenvalue weighted by Gasteiger charge is 2.17. The van der Waals surface area contributed by atoms with Crippen LogP contribution in [0, 0.1) is 7.11 Å². The summed E-state index contributed by atoms with van der Waals surface area (Å²) in [5.74, 6) is 0.632. The fourth-order valence-electron chi connectivity index (χ4n) is 1.27. The quantitative estimate of drug-likeness (QED) is 0.729. The maximum atomic E-state index is 11.4. The normalized spacial score (nSPS) is 9.50. The Balaban J connectivity index is 3.31. The highest BCUT2D eigenvalue weighted by atomic mass is 16.5. The number of esters is 1. The lowest BCUT2D eigenvalue weighted by atomic mass is 10.1. The molecule has 0 aromatic heterocycles. The summed E-state index contributed by atoms with van der Waals surface area (Å²) >= 11 is 0. The van der Waals surface area contributed by atoms with Crippen LogP contribution in [0.3, 0.4) is 0 Å². The summed E-state index contributed by atoms with van der Waals surface area (Å²) in [4.78, 5) is 11.4. The molecule has 0 aliphatic heterocycles. The van der Waals surface area contributed by atoms with Gasteiger partial charge in [0.1, 0.15) is 18.4 Å². The molecule has 0 unspecified atom stereocenters. The fraction of sp³-hybridized carbons (Fsp3) is 0.273. The molecule has 87 valence electrons. The Kier molecular flexibility index (Phi) is 3.99. The van der Waals surface area contributed by atoms with Crippen molar-refractivity contribution in [1.29, 1.82) is 0 Å². The van der Waals surface area contributed by atoms with E-state index in [1.807, 2.05) is 0 Å². The van der Waals surface area contributed by atoms with Crippen LogP contribution >= 0.6 is 0 Å². The zero-order chi connectivity index (χ0) is 12.1. The van der Waals surface area contributed by atoms with Crippen molar-refractivity contribution in [2.45, 2.75) is 0 Å². The Morgan fingerprint density at radius 3 is 1.94 bits per heavy atom. The Morgan fingerprint density at radius 2 is 1.50 bits per heavy atom. The summed E-state index contributed by atoms with van der Waals surface area (Å²) in [6, 6.07) is 3.02. The van der Waals surface area contributed by atoms with Gasteiger partial charge in [0, 0.05) is 12.1 Å². The van der Waals surface area contributed by atoms with Crippen molar-refractivity contribution in [3.63, 3.8) is 0 Å². The van der Waals surface area contributed by atoms with E-state index in [0.717, 1.165) is 0 Å². The highest BCUT2D eigenvalue weighted by molar-refractivity contribution is 5.93.